The molecule has 0 saturated carbocycles. The average Bonchev–Trinajstić information content (AvgIpc) is 3.21. The predicted molar refractivity (Wildman–Crippen MR) is 106 cm³/mol. The van der Waals surface area contributed by atoms with Gasteiger partial charge in [0.25, 0.3) is 0 Å². The quantitative estimate of drug-likeness (QED) is 0.747. The van der Waals surface area contributed by atoms with Crippen LogP contribution >= 0.6 is 0 Å². The maximum absolute atomic E-state index is 13.3. The highest BCUT2D eigenvalue weighted by atomic mass is 16.7. The normalized spacial score (nSPS) is 19.4. The van der Waals surface area contributed by atoms with E-state index in [0.29, 0.717) is 40.7 Å². The zero-order chi connectivity index (χ0) is 20.5. The summed E-state index contributed by atoms with van der Waals surface area (Å²) >= 11 is 0. The number of Topliss-reactive ketones (excluding diaryl/α,β-unsaturated/α-hetero) is 1. The molecule has 2 aliphatic heterocycles. The van der Waals surface area contributed by atoms with Crippen molar-refractivity contribution in [1.82, 2.24) is 0 Å². The summed E-state index contributed by atoms with van der Waals surface area (Å²) in [5.41, 5.74) is 2.73. The van der Waals surface area contributed by atoms with E-state index >= 15 is 0 Å². The number of methoxy groups -OCH3 is 3. The van der Waals surface area contributed by atoms with Gasteiger partial charge in [0.05, 0.1) is 52.5 Å². The lowest BCUT2D eigenvalue weighted by atomic mass is 9.87. The number of likely N-dealkylation sites (N-methyl/N-ethyl adjacent to an activating group) is 1. The molecule has 0 fully saturated rings. The number of ether oxygens (including phenoxy) is 5. The third-order valence-electron chi connectivity index (χ3n) is 5.78. The Kier molecular flexibility index (Phi) is 5.24. The average molecular weight is 400 g/mol. The van der Waals surface area contributed by atoms with E-state index < -0.39 is 0 Å². The lowest BCUT2D eigenvalue weighted by Crippen LogP contribution is -3.10. The zero-order valence-corrected chi connectivity index (χ0v) is 17.2. The van der Waals surface area contributed by atoms with Gasteiger partial charge >= 0.3 is 0 Å². The first kappa shape index (κ1) is 19.4. The van der Waals surface area contributed by atoms with Crippen molar-refractivity contribution in [2.45, 2.75) is 18.9 Å². The Morgan fingerprint density at radius 3 is 2.69 bits per heavy atom. The molecule has 29 heavy (non-hydrogen) atoms. The van der Waals surface area contributed by atoms with Crippen LogP contribution in [0, 0.1) is 0 Å². The van der Waals surface area contributed by atoms with E-state index in [2.05, 4.69) is 7.05 Å². The number of ketones is 1. The molecule has 0 radical (unpaired) electrons. The van der Waals surface area contributed by atoms with Crippen molar-refractivity contribution in [2.24, 2.45) is 0 Å². The van der Waals surface area contributed by atoms with Crippen LogP contribution in [0.5, 0.6) is 28.7 Å². The van der Waals surface area contributed by atoms with E-state index in [4.69, 9.17) is 23.7 Å². The molecule has 154 valence electrons. The number of nitrogens with one attached hydrogen (secondary N) is 1. The van der Waals surface area contributed by atoms with Gasteiger partial charge < -0.3 is 28.6 Å². The van der Waals surface area contributed by atoms with Gasteiger partial charge in [-0.2, -0.15) is 0 Å². The second-order valence-electron chi connectivity index (χ2n) is 7.31. The largest absolute Gasteiger partial charge is 0.497 e. The monoisotopic (exact) mass is 400 g/mol. The van der Waals surface area contributed by atoms with Crippen molar-refractivity contribution in [3.8, 4) is 28.7 Å². The molecule has 2 atom stereocenters. The van der Waals surface area contributed by atoms with Gasteiger partial charge in [-0.1, -0.05) is 0 Å². The van der Waals surface area contributed by atoms with Crippen molar-refractivity contribution in [3.63, 3.8) is 0 Å². The molecular formula is C22H26NO6+. The third kappa shape index (κ3) is 3.35. The molecule has 0 aromatic heterocycles. The van der Waals surface area contributed by atoms with Crippen molar-refractivity contribution >= 4 is 5.78 Å². The molecule has 1 unspecified atom stereocenters. The van der Waals surface area contributed by atoms with Crippen molar-refractivity contribution < 1.29 is 33.4 Å². The van der Waals surface area contributed by atoms with Gasteiger partial charge in [-0.15, -0.1) is 0 Å². The Balaban J connectivity index is 1.71. The van der Waals surface area contributed by atoms with Crippen LogP contribution in [-0.4, -0.2) is 47.5 Å². The molecule has 0 saturated heterocycles. The Morgan fingerprint density at radius 2 is 1.97 bits per heavy atom. The fourth-order valence-corrected chi connectivity index (χ4v) is 4.22. The minimum atomic E-state index is -0.0532. The fraction of sp³-hybridized carbons (Fsp3) is 0.409. The Bertz CT molecular complexity index is 941. The van der Waals surface area contributed by atoms with Gasteiger partial charge in [-0.05, 0) is 23.8 Å². The maximum atomic E-state index is 13.3. The zero-order valence-electron chi connectivity index (χ0n) is 17.2. The van der Waals surface area contributed by atoms with Gasteiger partial charge in [0.1, 0.15) is 17.5 Å². The first-order valence-corrected chi connectivity index (χ1v) is 9.64. The van der Waals surface area contributed by atoms with Crippen LogP contribution in [0.25, 0.3) is 0 Å². The SMILES string of the molecule is COc1ccc(C(=O)C[C@H]2c3c(cc4c(c3OC)OCO4)CC[NH+]2C)c(OC)c1. The highest BCUT2D eigenvalue weighted by Crippen LogP contribution is 2.48. The predicted octanol–water partition coefficient (Wildman–Crippen LogP) is 1.83. The highest BCUT2D eigenvalue weighted by molar-refractivity contribution is 5.99. The summed E-state index contributed by atoms with van der Waals surface area (Å²) in [5.74, 6) is 3.19. The van der Waals surface area contributed by atoms with E-state index in [0.717, 1.165) is 24.1 Å². The van der Waals surface area contributed by atoms with E-state index in [1.807, 2.05) is 6.07 Å². The van der Waals surface area contributed by atoms with Crippen LogP contribution in [0.3, 0.4) is 0 Å². The van der Waals surface area contributed by atoms with Crippen molar-refractivity contribution in [2.75, 3.05) is 41.7 Å². The summed E-state index contributed by atoms with van der Waals surface area (Å²) < 4.78 is 27.6. The molecule has 1 N–H and O–H groups in total. The number of benzene rings is 2. The Morgan fingerprint density at radius 1 is 1.14 bits per heavy atom. The van der Waals surface area contributed by atoms with Gasteiger partial charge in [-0.25, -0.2) is 0 Å². The van der Waals surface area contributed by atoms with Crippen LogP contribution < -0.4 is 28.6 Å². The van der Waals surface area contributed by atoms with Gasteiger partial charge in [0.15, 0.2) is 17.3 Å². The van der Waals surface area contributed by atoms with Crippen LogP contribution in [0.1, 0.15) is 33.9 Å². The molecule has 7 nitrogen and oxygen atoms in total. The second kappa shape index (κ2) is 7.83. The lowest BCUT2D eigenvalue weighted by Gasteiger charge is -2.32. The van der Waals surface area contributed by atoms with E-state index in [-0.39, 0.29) is 18.6 Å². The first-order chi connectivity index (χ1) is 14.1. The summed E-state index contributed by atoms with van der Waals surface area (Å²) in [7, 11) is 6.88. The molecule has 2 aromatic rings. The Hall–Kier alpha value is -2.93. The number of rotatable bonds is 6. The summed E-state index contributed by atoms with van der Waals surface area (Å²) in [5, 5.41) is 0. The first-order valence-electron chi connectivity index (χ1n) is 9.64. The molecule has 0 bridgehead atoms. The van der Waals surface area contributed by atoms with Crippen LogP contribution in [0.2, 0.25) is 0 Å². The number of quaternary nitrogens is 1. The highest BCUT2D eigenvalue weighted by Gasteiger charge is 2.38. The van der Waals surface area contributed by atoms with Gasteiger partial charge in [0, 0.05) is 12.5 Å². The standard InChI is InChI=1S/C22H25NO6/c1-23-8-7-13-9-19-21(29-12-28-19)22(27-4)20(13)16(23)11-17(24)15-6-5-14(25-2)10-18(15)26-3/h5-6,9-10,16H,7-8,11-12H2,1-4H3/p+1/t16-/m0/s1. The van der Waals surface area contributed by atoms with E-state index in [9.17, 15) is 4.79 Å². The number of carbonyl (C=O) groups excluding carboxylic acids is 1. The minimum Gasteiger partial charge on any atom is -0.497 e. The van der Waals surface area contributed by atoms with E-state index in [1.54, 1.807) is 39.5 Å². The second-order valence-corrected chi connectivity index (χ2v) is 7.31. The Labute approximate surface area is 170 Å². The summed E-state index contributed by atoms with van der Waals surface area (Å²) in [6.45, 7) is 1.11. The number of hydrogen-bond acceptors (Lipinski definition) is 6. The van der Waals surface area contributed by atoms with Crippen molar-refractivity contribution in [1.29, 1.82) is 0 Å². The number of carbonyl (C=O) groups is 1. The molecule has 7 heteroatoms. The summed E-state index contributed by atoms with van der Waals surface area (Å²) in [6.07, 6.45) is 1.22. The molecule has 2 aliphatic rings. The molecule has 0 aliphatic carbocycles. The van der Waals surface area contributed by atoms with E-state index in [1.165, 1.54) is 4.90 Å². The topological polar surface area (TPSA) is 67.7 Å². The molecular weight excluding hydrogens is 374 g/mol. The molecule has 2 heterocycles. The summed E-state index contributed by atoms with van der Waals surface area (Å²) in [6, 6.07) is 7.24. The fourth-order valence-electron chi connectivity index (χ4n) is 4.22. The van der Waals surface area contributed by atoms with Crippen LogP contribution in [0.4, 0.5) is 0 Å². The van der Waals surface area contributed by atoms with Gasteiger partial charge in [0.2, 0.25) is 12.5 Å². The number of fused-ring (bicyclic) bond motifs is 2. The lowest BCUT2D eigenvalue weighted by molar-refractivity contribution is -0.913. The van der Waals surface area contributed by atoms with Crippen LogP contribution in [-0.2, 0) is 6.42 Å². The molecule has 0 amide bonds. The smallest absolute Gasteiger partial charge is 0.231 e. The van der Waals surface area contributed by atoms with Gasteiger partial charge in [-0.3, -0.25) is 4.79 Å². The molecule has 0 spiro atoms. The molecule has 4 rings (SSSR count). The van der Waals surface area contributed by atoms with Crippen LogP contribution in [0.15, 0.2) is 24.3 Å². The third-order valence-corrected chi connectivity index (χ3v) is 5.78. The molecule has 2 aromatic carbocycles. The maximum Gasteiger partial charge on any atom is 0.231 e. The summed E-state index contributed by atoms with van der Waals surface area (Å²) in [4.78, 5) is 14.5. The number of hydrogen-bond donors (Lipinski definition) is 1. The minimum absolute atomic E-state index is 0.0152. The van der Waals surface area contributed by atoms with Crippen molar-refractivity contribution in [3.05, 3.63) is 41.0 Å².